The fraction of sp³-hybridized carbons (Fsp3) is 0.0938. The van der Waals surface area contributed by atoms with E-state index in [-0.39, 0.29) is 11.7 Å². The Labute approximate surface area is 190 Å². The third-order valence-corrected chi connectivity index (χ3v) is 8.08. The molecule has 0 saturated carbocycles. The molecule has 7 aromatic rings. The van der Waals surface area contributed by atoms with E-state index in [0.29, 0.717) is 0 Å². The zero-order valence-corrected chi connectivity index (χ0v) is 18.5. The molecule has 0 heterocycles. The van der Waals surface area contributed by atoms with Crippen molar-refractivity contribution in [2.75, 3.05) is 0 Å². The van der Waals surface area contributed by atoms with Crippen LogP contribution >= 0.6 is 0 Å². The van der Waals surface area contributed by atoms with E-state index in [0.717, 1.165) is 22.1 Å². The van der Waals surface area contributed by atoms with Crippen molar-refractivity contribution in [2.45, 2.75) is 13.8 Å². The van der Waals surface area contributed by atoms with Gasteiger partial charge < -0.3 is 0 Å². The maximum atomic E-state index is 13.2. The Bertz CT molecular complexity index is 2000. The van der Waals surface area contributed by atoms with Gasteiger partial charge in [0.15, 0.2) is 5.78 Å². The first kappa shape index (κ1) is 17.6. The van der Waals surface area contributed by atoms with E-state index >= 15 is 0 Å². The first-order chi connectivity index (χ1) is 16.1. The van der Waals surface area contributed by atoms with Gasteiger partial charge in [0.2, 0.25) is 0 Å². The summed E-state index contributed by atoms with van der Waals surface area (Å²) in [6.45, 7) is 4.10. The van der Waals surface area contributed by atoms with Crippen LogP contribution in [0.15, 0.2) is 78.4 Å². The molecule has 1 heteroatoms. The maximum absolute atomic E-state index is 13.2. The molecule has 1 nitrogen and oxygen atoms in total. The predicted octanol–water partition coefficient (Wildman–Crippen LogP) is 8.72. The summed E-state index contributed by atoms with van der Waals surface area (Å²) < 4.78 is 0. The zero-order chi connectivity index (χ0) is 22.0. The Morgan fingerprint density at radius 3 is 1.97 bits per heavy atom. The molecule has 0 N–H and O–H groups in total. The Morgan fingerprint density at radius 2 is 1.21 bits per heavy atom. The van der Waals surface area contributed by atoms with Crippen LogP contribution in [0, 0.1) is 5.92 Å². The zero-order valence-electron chi connectivity index (χ0n) is 18.5. The summed E-state index contributed by atoms with van der Waals surface area (Å²) in [6, 6.07) is 26.8. The number of rotatable bonds is 0. The van der Waals surface area contributed by atoms with Gasteiger partial charge in [0.1, 0.15) is 0 Å². The van der Waals surface area contributed by atoms with Crippen molar-refractivity contribution >= 4 is 76.5 Å². The van der Waals surface area contributed by atoms with Gasteiger partial charge in [-0.3, -0.25) is 4.79 Å². The van der Waals surface area contributed by atoms with Crippen molar-refractivity contribution in [3.8, 4) is 0 Å². The van der Waals surface area contributed by atoms with Crippen LogP contribution < -0.4 is 0 Å². The summed E-state index contributed by atoms with van der Waals surface area (Å²) in [6.07, 6.45) is 2.24. The van der Waals surface area contributed by atoms with Crippen molar-refractivity contribution in [1.82, 2.24) is 0 Å². The molecule has 1 atom stereocenters. The minimum absolute atomic E-state index is 0.0521. The highest BCUT2D eigenvalue weighted by atomic mass is 16.1. The monoisotopic (exact) mass is 420 g/mol. The SMILES string of the molecule is CC1=Cc2c(cc3ccc4cc5c6ccccc6cc6ccc7cc2c3c4c7c65)C(=O)C1C. The van der Waals surface area contributed by atoms with E-state index in [9.17, 15) is 4.79 Å². The van der Waals surface area contributed by atoms with E-state index in [1.807, 2.05) is 6.92 Å². The standard InChI is InChI=1S/C32H20O/c1-16-11-24-26-14-22-9-7-19-12-18-5-3-4-6-23(18)25-13-21-10-8-20(15-27(24)32(33)17(16)2)29(26)31(21)30(22)28(19)25/h3-15,17H,1-2H3. The summed E-state index contributed by atoms with van der Waals surface area (Å²) in [4.78, 5) is 13.2. The van der Waals surface area contributed by atoms with Crippen molar-refractivity contribution in [3.63, 3.8) is 0 Å². The number of hydrogen-bond donors (Lipinski definition) is 0. The molecule has 0 amide bonds. The van der Waals surface area contributed by atoms with Crippen molar-refractivity contribution in [1.29, 1.82) is 0 Å². The lowest BCUT2D eigenvalue weighted by atomic mass is 9.78. The molecule has 0 aromatic heterocycles. The van der Waals surface area contributed by atoms with Gasteiger partial charge in [0.25, 0.3) is 0 Å². The highest BCUT2D eigenvalue weighted by Crippen LogP contribution is 2.47. The number of carbonyl (C=O) groups is 1. The largest absolute Gasteiger partial charge is 0.293 e. The number of fused-ring (bicyclic) bond motifs is 4. The maximum Gasteiger partial charge on any atom is 0.170 e. The lowest BCUT2D eigenvalue weighted by Gasteiger charge is -2.24. The van der Waals surface area contributed by atoms with Gasteiger partial charge >= 0.3 is 0 Å². The highest BCUT2D eigenvalue weighted by Gasteiger charge is 2.27. The van der Waals surface area contributed by atoms with E-state index < -0.39 is 0 Å². The highest BCUT2D eigenvalue weighted by molar-refractivity contribution is 6.39. The Balaban J connectivity index is 1.68. The fourth-order valence-corrected chi connectivity index (χ4v) is 6.32. The average molecular weight is 421 g/mol. The number of carbonyl (C=O) groups excluding carboxylic acids is 1. The molecule has 0 spiro atoms. The minimum atomic E-state index is -0.0521. The average Bonchev–Trinajstić information content (AvgIpc) is 2.84. The van der Waals surface area contributed by atoms with E-state index in [1.165, 1.54) is 59.2 Å². The van der Waals surface area contributed by atoms with Crippen molar-refractivity contribution in [2.24, 2.45) is 5.92 Å². The molecule has 0 aliphatic heterocycles. The molecule has 1 unspecified atom stereocenters. The van der Waals surface area contributed by atoms with Crippen LogP contribution in [-0.4, -0.2) is 5.78 Å². The van der Waals surface area contributed by atoms with Crippen LogP contribution in [0.25, 0.3) is 70.7 Å². The Kier molecular flexibility index (Phi) is 3.03. The van der Waals surface area contributed by atoms with Gasteiger partial charge in [0.05, 0.1) is 0 Å². The molecule has 8 rings (SSSR count). The number of hydrogen-bond acceptors (Lipinski definition) is 1. The van der Waals surface area contributed by atoms with Crippen LogP contribution in [0.3, 0.4) is 0 Å². The quantitative estimate of drug-likeness (QED) is 0.177. The van der Waals surface area contributed by atoms with Gasteiger partial charge in [-0.15, -0.1) is 0 Å². The Hall–Kier alpha value is -3.97. The summed E-state index contributed by atoms with van der Waals surface area (Å²) in [5.41, 5.74) is 3.10. The topological polar surface area (TPSA) is 17.1 Å². The van der Waals surface area contributed by atoms with Gasteiger partial charge in [0, 0.05) is 11.5 Å². The molecule has 0 bridgehead atoms. The van der Waals surface area contributed by atoms with Gasteiger partial charge in [-0.1, -0.05) is 67.1 Å². The first-order valence-electron chi connectivity index (χ1n) is 11.6. The molecular formula is C32H20O. The molecule has 1 aliphatic rings. The number of ketones is 1. The summed E-state index contributed by atoms with van der Waals surface area (Å²) in [5, 5.41) is 15.4. The third kappa shape index (κ3) is 2.02. The van der Waals surface area contributed by atoms with Gasteiger partial charge in [-0.05, 0) is 101 Å². The van der Waals surface area contributed by atoms with Crippen LogP contribution in [-0.2, 0) is 0 Å². The lowest BCUT2D eigenvalue weighted by Crippen LogP contribution is -2.18. The normalized spacial score (nSPS) is 16.7. The second-order valence-electron chi connectivity index (χ2n) is 9.78. The number of benzene rings is 7. The Morgan fingerprint density at radius 1 is 0.606 bits per heavy atom. The van der Waals surface area contributed by atoms with Crippen LogP contribution in [0.2, 0.25) is 0 Å². The molecular weight excluding hydrogens is 400 g/mol. The number of Topliss-reactive ketones (excluding diaryl/α,β-unsaturated/α-hetero) is 1. The van der Waals surface area contributed by atoms with Crippen molar-refractivity contribution in [3.05, 3.63) is 89.5 Å². The van der Waals surface area contributed by atoms with Gasteiger partial charge in [-0.25, -0.2) is 0 Å². The second-order valence-corrected chi connectivity index (χ2v) is 9.78. The predicted molar refractivity (Wildman–Crippen MR) is 141 cm³/mol. The molecule has 0 fully saturated rings. The summed E-state index contributed by atoms with van der Waals surface area (Å²) in [5.74, 6) is 0.183. The third-order valence-electron chi connectivity index (χ3n) is 8.08. The molecule has 0 saturated heterocycles. The van der Waals surface area contributed by atoms with E-state index in [2.05, 4.69) is 85.8 Å². The minimum Gasteiger partial charge on any atom is -0.293 e. The fourth-order valence-electron chi connectivity index (χ4n) is 6.32. The molecule has 154 valence electrons. The van der Waals surface area contributed by atoms with E-state index in [4.69, 9.17) is 0 Å². The van der Waals surface area contributed by atoms with Crippen molar-refractivity contribution < 1.29 is 4.79 Å². The first-order valence-corrected chi connectivity index (χ1v) is 11.6. The molecule has 1 aliphatic carbocycles. The number of allylic oxidation sites excluding steroid dienone is 1. The molecule has 33 heavy (non-hydrogen) atoms. The smallest absolute Gasteiger partial charge is 0.170 e. The summed E-state index contributed by atoms with van der Waals surface area (Å²) in [7, 11) is 0. The lowest BCUT2D eigenvalue weighted by molar-refractivity contribution is 0.0946. The van der Waals surface area contributed by atoms with E-state index in [1.54, 1.807) is 0 Å². The van der Waals surface area contributed by atoms with Crippen LogP contribution in [0.5, 0.6) is 0 Å². The van der Waals surface area contributed by atoms with Crippen LogP contribution in [0.4, 0.5) is 0 Å². The molecule has 0 radical (unpaired) electrons. The molecule has 7 aromatic carbocycles. The summed E-state index contributed by atoms with van der Waals surface area (Å²) >= 11 is 0. The second kappa shape index (κ2) is 5.68. The van der Waals surface area contributed by atoms with Gasteiger partial charge in [-0.2, -0.15) is 0 Å². The van der Waals surface area contributed by atoms with Crippen LogP contribution in [0.1, 0.15) is 29.8 Å².